The Labute approximate surface area is 129 Å². The average molecular weight is 301 g/mol. The summed E-state index contributed by atoms with van der Waals surface area (Å²) in [6, 6.07) is 3.83. The van der Waals surface area contributed by atoms with E-state index in [9.17, 15) is 9.59 Å². The number of hydrogen-bond donors (Lipinski definition) is 0. The summed E-state index contributed by atoms with van der Waals surface area (Å²) in [5.41, 5.74) is 0.832. The molecule has 0 spiro atoms. The zero-order valence-corrected chi connectivity index (χ0v) is 12.4. The quantitative estimate of drug-likeness (QED) is 0.811. The van der Waals surface area contributed by atoms with Crippen molar-refractivity contribution in [3.8, 4) is 0 Å². The summed E-state index contributed by atoms with van der Waals surface area (Å²) in [5, 5.41) is 0. The van der Waals surface area contributed by atoms with Gasteiger partial charge in [0.2, 0.25) is 11.8 Å². The van der Waals surface area contributed by atoms with Crippen molar-refractivity contribution in [2.24, 2.45) is 5.92 Å². The highest BCUT2D eigenvalue weighted by atomic mass is 16.5. The Kier molecular flexibility index (Phi) is 3.33. The summed E-state index contributed by atoms with van der Waals surface area (Å²) in [7, 11) is 0. The van der Waals surface area contributed by atoms with Crippen molar-refractivity contribution in [2.45, 2.75) is 31.3 Å². The molecule has 6 nitrogen and oxygen atoms in total. The van der Waals surface area contributed by atoms with Crippen molar-refractivity contribution in [3.05, 3.63) is 24.5 Å². The van der Waals surface area contributed by atoms with Crippen LogP contribution in [0, 0.1) is 5.92 Å². The van der Waals surface area contributed by atoms with Crippen LogP contribution in [0.5, 0.6) is 0 Å². The lowest BCUT2D eigenvalue weighted by molar-refractivity contribution is -0.136. The van der Waals surface area contributed by atoms with Gasteiger partial charge in [0, 0.05) is 25.8 Å². The number of carbonyl (C=O) groups is 2. The highest BCUT2D eigenvalue weighted by Gasteiger charge is 2.49. The number of amides is 2. The number of aromatic nitrogens is 1. The predicted molar refractivity (Wildman–Crippen MR) is 79.2 cm³/mol. The van der Waals surface area contributed by atoms with Gasteiger partial charge >= 0.3 is 0 Å². The zero-order valence-electron chi connectivity index (χ0n) is 12.4. The maximum absolute atomic E-state index is 12.6. The lowest BCUT2D eigenvalue weighted by atomic mass is 10.1. The highest BCUT2D eigenvalue weighted by Crippen LogP contribution is 2.36. The molecule has 3 aliphatic rings. The fourth-order valence-electron chi connectivity index (χ4n) is 3.92. The first kappa shape index (κ1) is 13.7. The molecule has 6 heteroatoms. The predicted octanol–water partition coefficient (Wildman–Crippen LogP) is 0.824. The minimum Gasteiger partial charge on any atom is -0.381 e. The van der Waals surface area contributed by atoms with Gasteiger partial charge in [0.15, 0.2) is 0 Å². The largest absolute Gasteiger partial charge is 0.381 e. The first-order valence-electron chi connectivity index (χ1n) is 7.86. The third kappa shape index (κ3) is 2.09. The van der Waals surface area contributed by atoms with Crippen molar-refractivity contribution >= 4 is 17.5 Å². The van der Waals surface area contributed by atoms with Crippen molar-refractivity contribution in [1.29, 1.82) is 0 Å². The molecule has 3 atom stereocenters. The van der Waals surface area contributed by atoms with Gasteiger partial charge in [-0.1, -0.05) is 0 Å². The molecule has 0 saturated carbocycles. The summed E-state index contributed by atoms with van der Waals surface area (Å²) in [4.78, 5) is 32.9. The topological polar surface area (TPSA) is 62.7 Å². The molecule has 0 aliphatic carbocycles. The van der Waals surface area contributed by atoms with Crippen LogP contribution in [0.3, 0.4) is 0 Å². The van der Waals surface area contributed by atoms with Gasteiger partial charge in [-0.2, -0.15) is 0 Å². The van der Waals surface area contributed by atoms with Crippen LogP contribution in [-0.2, 0) is 14.3 Å². The Hall–Kier alpha value is -1.95. The molecule has 0 bridgehead atoms. The molecule has 0 radical (unpaired) electrons. The van der Waals surface area contributed by atoms with Gasteiger partial charge in [-0.15, -0.1) is 0 Å². The molecule has 3 fully saturated rings. The number of ether oxygens (including phenoxy) is 1. The zero-order chi connectivity index (χ0) is 15.1. The SMILES string of the molecule is O=C(C1CCOC1)N1CC[C@@H]2[C@@H]1CC(=O)N2c1cccnc1. The van der Waals surface area contributed by atoms with Gasteiger partial charge in [0.25, 0.3) is 0 Å². The van der Waals surface area contributed by atoms with Crippen LogP contribution in [0.2, 0.25) is 0 Å². The monoisotopic (exact) mass is 301 g/mol. The van der Waals surface area contributed by atoms with Crippen molar-refractivity contribution < 1.29 is 14.3 Å². The standard InChI is InChI=1S/C16H19N3O3/c20-15-8-14-13(19(15)12-2-1-5-17-9-12)3-6-18(14)16(21)11-4-7-22-10-11/h1-2,5,9,11,13-14H,3-4,6-8,10H2/t11?,13-,14+/m1/s1. The third-order valence-electron chi connectivity index (χ3n) is 4.98. The minimum absolute atomic E-state index is 0.000746. The van der Waals surface area contributed by atoms with Gasteiger partial charge in [-0.3, -0.25) is 14.6 Å². The molecule has 0 aromatic carbocycles. The Morgan fingerprint density at radius 1 is 1.32 bits per heavy atom. The van der Waals surface area contributed by atoms with E-state index in [-0.39, 0.29) is 29.8 Å². The molecule has 4 heterocycles. The number of pyridine rings is 1. The maximum Gasteiger partial charge on any atom is 0.229 e. The van der Waals surface area contributed by atoms with E-state index in [2.05, 4.69) is 4.98 Å². The molecular formula is C16H19N3O3. The number of likely N-dealkylation sites (tertiary alicyclic amines) is 1. The first-order chi connectivity index (χ1) is 10.8. The number of carbonyl (C=O) groups excluding carboxylic acids is 2. The summed E-state index contributed by atoms with van der Waals surface area (Å²) >= 11 is 0. The van der Waals surface area contributed by atoms with Crippen molar-refractivity contribution in [3.63, 3.8) is 0 Å². The summed E-state index contributed by atoms with van der Waals surface area (Å²) in [5.74, 6) is 0.218. The van der Waals surface area contributed by atoms with Crippen LogP contribution in [0.4, 0.5) is 5.69 Å². The average Bonchev–Trinajstić information content (AvgIpc) is 3.23. The number of fused-ring (bicyclic) bond motifs is 1. The molecule has 0 N–H and O–H groups in total. The summed E-state index contributed by atoms with van der Waals surface area (Å²) in [6.45, 7) is 1.92. The molecule has 22 heavy (non-hydrogen) atoms. The van der Waals surface area contributed by atoms with Crippen LogP contribution in [0.25, 0.3) is 0 Å². The summed E-state index contributed by atoms with van der Waals surface area (Å²) in [6.07, 6.45) is 5.47. The van der Waals surface area contributed by atoms with E-state index in [1.54, 1.807) is 12.4 Å². The minimum atomic E-state index is -0.0266. The maximum atomic E-state index is 12.6. The van der Waals surface area contributed by atoms with E-state index < -0.39 is 0 Å². The lowest BCUT2D eigenvalue weighted by Gasteiger charge is -2.26. The Morgan fingerprint density at radius 3 is 2.95 bits per heavy atom. The third-order valence-corrected chi connectivity index (χ3v) is 4.98. The Bertz CT molecular complexity index is 586. The van der Waals surface area contributed by atoms with Crippen LogP contribution >= 0.6 is 0 Å². The second kappa shape index (κ2) is 5.35. The first-order valence-corrected chi connectivity index (χ1v) is 7.86. The van der Waals surface area contributed by atoms with Gasteiger partial charge < -0.3 is 14.5 Å². The highest BCUT2D eigenvalue weighted by molar-refractivity contribution is 5.98. The molecule has 1 unspecified atom stereocenters. The molecule has 1 aromatic heterocycles. The Morgan fingerprint density at radius 2 is 2.23 bits per heavy atom. The van der Waals surface area contributed by atoms with Gasteiger partial charge in [-0.25, -0.2) is 0 Å². The molecule has 116 valence electrons. The normalized spacial score (nSPS) is 30.9. The molecular weight excluding hydrogens is 282 g/mol. The number of nitrogens with zero attached hydrogens (tertiary/aromatic N) is 3. The lowest BCUT2D eigenvalue weighted by Crippen LogP contribution is -2.42. The summed E-state index contributed by atoms with van der Waals surface area (Å²) < 4.78 is 5.33. The van der Waals surface area contributed by atoms with Crippen LogP contribution in [0.1, 0.15) is 19.3 Å². The fourth-order valence-corrected chi connectivity index (χ4v) is 3.92. The number of anilines is 1. The molecule has 2 amide bonds. The fraction of sp³-hybridized carbons (Fsp3) is 0.562. The van der Waals surface area contributed by atoms with Crippen molar-refractivity contribution in [1.82, 2.24) is 9.88 Å². The van der Waals surface area contributed by atoms with E-state index in [4.69, 9.17) is 4.74 Å². The van der Waals surface area contributed by atoms with E-state index >= 15 is 0 Å². The Balaban J connectivity index is 1.55. The molecule has 1 aromatic rings. The molecule has 3 saturated heterocycles. The number of rotatable bonds is 2. The van der Waals surface area contributed by atoms with Gasteiger partial charge in [0.1, 0.15) is 0 Å². The second-order valence-corrected chi connectivity index (χ2v) is 6.19. The second-order valence-electron chi connectivity index (χ2n) is 6.19. The molecule has 3 aliphatic heterocycles. The van der Waals surface area contributed by atoms with E-state index in [0.717, 1.165) is 25.1 Å². The van der Waals surface area contributed by atoms with Gasteiger partial charge in [0.05, 0.1) is 36.5 Å². The smallest absolute Gasteiger partial charge is 0.229 e. The van der Waals surface area contributed by atoms with Crippen LogP contribution < -0.4 is 4.90 Å². The van der Waals surface area contributed by atoms with Crippen molar-refractivity contribution in [2.75, 3.05) is 24.7 Å². The number of hydrogen-bond acceptors (Lipinski definition) is 4. The molecule has 4 rings (SSSR count). The van der Waals surface area contributed by atoms with Gasteiger partial charge in [-0.05, 0) is 25.0 Å². The van der Waals surface area contributed by atoms with E-state index in [1.165, 1.54) is 0 Å². The van der Waals surface area contributed by atoms with E-state index in [0.29, 0.717) is 19.6 Å². The van der Waals surface area contributed by atoms with Crippen LogP contribution in [0.15, 0.2) is 24.5 Å². The van der Waals surface area contributed by atoms with Crippen LogP contribution in [-0.4, -0.2) is 53.5 Å². The van der Waals surface area contributed by atoms with E-state index in [1.807, 2.05) is 21.9 Å².